The van der Waals surface area contributed by atoms with Gasteiger partial charge in [0.15, 0.2) is 5.76 Å². The van der Waals surface area contributed by atoms with Crippen molar-refractivity contribution in [1.29, 1.82) is 0 Å². The topological polar surface area (TPSA) is 67.2 Å². The molecule has 0 radical (unpaired) electrons. The van der Waals surface area contributed by atoms with E-state index >= 15 is 0 Å². The van der Waals surface area contributed by atoms with Crippen LogP contribution >= 0.6 is 0 Å². The number of benzene rings is 1. The van der Waals surface area contributed by atoms with Crippen molar-refractivity contribution in [3.63, 3.8) is 0 Å². The van der Waals surface area contributed by atoms with Crippen LogP contribution in [0.4, 0.5) is 10.5 Å². The molecule has 0 aliphatic heterocycles. The van der Waals surface area contributed by atoms with E-state index in [1.165, 1.54) is 6.42 Å². The van der Waals surface area contributed by atoms with Crippen molar-refractivity contribution in [1.82, 2.24) is 10.5 Å². The average molecular weight is 299 g/mol. The Balaban J connectivity index is 1.72. The van der Waals surface area contributed by atoms with Crippen LogP contribution in [-0.4, -0.2) is 11.2 Å². The van der Waals surface area contributed by atoms with Crippen molar-refractivity contribution in [3.8, 4) is 0 Å². The number of nitrogens with zero attached hydrogens (tertiary/aromatic N) is 1. The van der Waals surface area contributed by atoms with Gasteiger partial charge in [0, 0.05) is 0 Å². The molecule has 5 nitrogen and oxygen atoms in total. The lowest BCUT2D eigenvalue weighted by Crippen LogP contribution is -2.38. The number of nitrogens with one attached hydrogen (secondary N) is 2. The SMILES string of the molecule is Cc1noc(C)c1NC(=O)NC(c1ccccc1)C1CCC1. The van der Waals surface area contributed by atoms with Crippen LogP contribution in [0.2, 0.25) is 0 Å². The molecular weight excluding hydrogens is 278 g/mol. The van der Waals surface area contributed by atoms with E-state index in [0.717, 1.165) is 18.4 Å². The Morgan fingerprint density at radius 3 is 2.55 bits per heavy atom. The van der Waals surface area contributed by atoms with Crippen LogP contribution in [0.3, 0.4) is 0 Å². The molecule has 2 aromatic rings. The summed E-state index contributed by atoms with van der Waals surface area (Å²) < 4.78 is 5.07. The van der Waals surface area contributed by atoms with E-state index in [1.807, 2.05) is 25.1 Å². The molecule has 1 aromatic heterocycles. The summed E-state index contributed by atoms with van der Waals surface area (Å²) in [5, 5.41) is 9.82. The molecule has 1 unspecified atom stereocenters. The predicted octanol–water partition coefficient (Wildman–Crippen LogP) is 3.95. The van der Waals surface area contributed by atoms with Crippen LogP contribution in [0, 0.1) is 19.8 Å². The predicted molar refractivity (Wildman–Crippen MR) is 84.7 cm³/mol. The molecule has 116 valence electrons. The van der Waals surface area contributed by atoms with Gasteiger partial charge >= 0.3 is 6.03 Å². The molecule has 0 bridgehead atoms. The Morgan fingerprint density at radius 1 is 1.27 bits per heavy atom. The highest BCUT2D eigenvalue weighted by Gasteiger charge is 2.30. The first-order chi connectivity index (χ1) is 10.6. The monoisotopic (exact) mass is 299 g/mol. The van der Waals surface area contributed by atoms with Gasteiger partial charge in [-0.1, -0.05) is 41.9 Å². The maximum Gasteiger partial charge on any atom is 0.319 e. The number of rotatable bonds is 4. The van der Waals surface area contributed by atoms with E-state index in [4.69, 9.17) is 4.52 Å². The number of carbonyl (C=O) groups is 1. The number of anilines is 1. The van der Waals surface area contributed by atoms with Crippen molar-refractivity contribution >= 4 is 11.7 Å². The number of hydrogen-bond acceptors (Lipinski definition) is 3. The fraction of sp³-hybridized carbons (Fsp3) is 0.412. The number of hydrogen-bond donors (Lipinski definition) is 2. The second-order valence-electron chi connectivity index (χ2n) is 5.88. The Labute approximate surface area is 130 Å². The summed E-state index contributed by atoms with van der Waals surface area (Å²) in [6.45, 7) is 3.60. The molecule has 1 fully saturated rings. The maximum atomic E-state index is 12.4. The minimum Gasteiger partial charge on any atom is -0.359 e. The van der Waals surface area contributed by atoms with Gasteiger partial charge in [-0.05, 0) is 38.2 Å². The summed E-state index contributed by atoms with van der Waals surface area (Å²) in [6, 6.07) is 9.98. The summed E-state index contributed by atoms with van der Waals surface area (Å²) >= 11 is 0. The number of carbonyl (C=O) groups excluding carboxylic acids is 1. The van der Waals surface area contributed by atoms with Crippen LogP contribution in [0.25, 0.3) is 0 Å². The fourth-order valence-electron chi connectivity index (χ4n) is 2.86. The van der Waals surface area contributed by atoms with Crippen molar-refractivity contribution in [2.75, 3.05) is 5.32 Å². The standard InChI is InChI=1S/C17H21N3O2/c1-11-15(12(2)22-20-11)18-17(21)19-16(14-9-6-10-14)13-7-4-3-5-8-13/h3-5,7-8,14,16H,6,9-10H2,1-2H3,(H2,18,19,21). The third-order valence-electron chi connectivity index (χ3n) is 4.34. The van der Waals surface area contributed by atoms with Crippen molar-refractivity contribution in [2.24, 2.45) is 5.92 Å². The number of urea groups is 1. The lowest BCUT2D eigenvalue weighted by atomic mass is 9.77. The molecule has 22 heavy (non-hydrogen) atoms. The van der Waals surface area contributed by atoms with E-state index in [1.54, 1.807) is 6.92 Å². The van der Waals surface area contributed by atoms with E-state index in [2.05, 4.69) is 27.9 Å². The molecule has 1 aliphatic carbocycles. The minimum absolute atomic E-state index is 0.0513. The van der Waals surface area contributed by atoms with E-state index in [9.17, 15) is 4.79 Å². The molecule has 5 heteroatoms. The van der Waals surface area contributed by atoms with Crippen molar-refractivity contribution in [3.05, 3.63) is 47.3 Å². The Kier molecular flexibility index (Phi) is 4.13. The van der Waals surface area contributed by atoms with Gasteiger partial charge in [-0.3, -0.25) is 0 Å². The smallest absolute Gasteiger partial charge is 0.319 e. The van der Waals surface area contributed by atoms with E-state index < -0.39 is 0 Å². The largest absolute Gasteiger partial charge is 0.359 e. The molecular formula is C17H21N3O2. The van der Waals surface area contributed by atoms with Crippen LogP contribution in [0.15, 0.2) is 34.9 Å². The number of aromatic nitrogens is 1. The van der Waals surface area contributed by atoms with E-state index in [0.29, 0.717) is 23.1 Å². The first kappa shape index (κ1) is 14.6. The lowest BCUT2D eigenvalue weighted by Gasteiger charge is -2.34. The minimum atomic E-state index is -0.213. The first-order valence-electron chi connectivity index (χ1n) is 7.70. The maximum absolute atomic E-state index is 12.4. The Hall–Kier alpha value is -2.30. The highest BCUT2D eigenvalue weighted by Crippen LogP contribution is 2.37. The van der Waals surface area contributed by atoms with E-state index in [-0.39, 0.29) is 12.1 Å². The Bertz CT molecular complexity index is 628. The first-order valence-corrected chi connectivity index (χ1v) is 7.70. The third-order valence-corrected chi connectivity index (χ3v) is 4.34. The van der Waals surface area contributed by atoms with Crippen LogP contribution in [0.1, 0.15) is 42.3 Å². The summed E-state index contributed by atoms with van der Waals surface area (Å²) in [6.07, 6.45) is 3.55. The zero-order valence-corrected chi connectivity index (χ0v) is 12.9. The summed E-state index contributed by atoms with van der Waals surface area (Å²) in [5.74, 6) is 1.13. The summed E-state index contributed by atoms with van der Waals surface area (Å²) in [5.41, 5.74) is 2.49. The molecule has 1 heterocycles. The summed E-state index contributed by atoms with van der Waals surface area (Å²) in [4.78, 5) is 12.4. The quantitative estimate of drug-likeness (QED) is 0.898. The number of aryl methyl sites for hydroxylation is 2. The molecule has 2 amide bonds. The van der Waals surface area contributed by atoms with Crippen molar-refractivity contribution in [2.45, 2.75) is 39.2 Å². The van der Waals surface area contributed by atoms with Gasteiger partial charge < -0.3 is 15.2 Å². The average Bonchev–Trinajstić information content (AvgIpc) is 2.77. The second kappa shape index (κ2) is 6.22. The molecule has 0 spiro atoms. The van der Waals surface area contributed by atoms with Crippen molar-refractivity contribution < 1.29 is 9.32 Å². The van der Waals surface area contributed by atoms with Gasteiger partial charge in [-0.2, -0.15) is 0 Å². The highest BCUT2D eigenvalue weighted by atomic mass is 16.5. The van der Waals surface area contributed by atoms with Gasteiger partial charge in [0.05, 0.1) is 6.04 Å². The van der Waals surface area contributed by atoms with Crippen LogP contribution < -0.4 is 10.6 Å². The normalized spacial score (nSPS) is 15.9. The molecule has 1 aliphatic rings. The van der Waals surface area contributed by atoms with Gasteiger partial charge in [-0.25, -0.2) is 4.79 Å². The molecule has 1 aromatic carbocycles. The highest BCUT2D eigenvalue weighted by molar-refractivity contribution is 5.90. The number of amides is 2. The summed E-state index contributed by atoms with van der Waals surface area (Å²) in [7, 11) is 0. The molecule has 3 rings (SSSR count). The van der Waals surface area contributed by atoms with Gasteiger partial charge in [0.2, 0.25) is 0 Å². The zero-order chi connectivity index (χ0) is 15.5. The van der Waals surface area contributed by atoms with Gasteiger partial charge in [0.25, 0.3) is 0 Å². The third kappa shape index (κ3) is 2.98. The lowest BCUT2D eigenvalue weighted by molar-refractivity contribution is 0.216. The Morgan fingerprint density at radius 2 is 2.00 bits per heavy atom. The second-order valence-corrected chi connectivity index (χ2v) is 5.88. The van der Waals surface area contributed by atoms with Crippen LogP contribution in [-0.2, 0) is 0 Å². The van der Waals surface area contributed by atoms with Gasteiger partial charge in [-0.15, -0.1) is 0 Å². The molecule has 1 saturated carbocycles. The molecule has 1 atom stereocenters. The molecule has 0 saturated heterocycles. The van der Waals surface area contributed by atoms with Gasteiger partial charge in [0.1, 0.15) is 11.4 Å². The zero-order valence-electron chi connectivity index (χ0n) is 12.9. The molecule has 2 N–H and O–H groups in total. The fourth-order valence-corrected chi connectivity index (χ4v) is 2.86. The van der Waals surface area contributed by atoms with Crippen LogP contribution in [0.5, 0.6) is 0 Å².